The fraction of sp³-hybridized carbons (Fsp3) is 0.400. The van der Waals surface area contributed by atoms with Crippen molar-refractivity contribution in [2.45, 2.75) is 32.9 Å². The van der Waals surface area contributed by atoms with E-state index in [0.717, 1.165) is 5.52 Å². The molecule has 0 saturated heterocycles. The van der Waals surface area contributed by atoms with Crippen molar-refractivity contribution in [2.75, 3.05) is 6.61 Å². The fourth-order valence-electron chi connectivity index (χ4n) is 2.24. The second-order valence-corrected chi connectivity index (χ2v) is 4.64. The highest BCUT2D eigenvalue weighted by Crippen LogP contribution is 2.20. The van der Waals surface area contributed by atoms with Crippen molar-refractivity contribution < 1.29 is 14.6 Å². The molecule has 1 N–H and O–H groups in total. The minimum absolute atomic E-state index is 0.0271. The Balaban J connectivity index is 2.09. The first-order valence-electron chi connectivity index (χ1n) is 6.50. The number of rotatable bonds is 5. The Morgan fingerprint density at radius 1 is 1.42 bits per heavy atom. The van der Waals surface area contributed by atoms with E-state index in [9.17, 15) is 9.90 Å². The van der Waals surface area contributed by atoms with Gasteiger partial charge in [0.1, 0.15) is 0 Å². The van der Waals surface area contributed by atoms with Gasteiger partial charge in [0, 0.05) is 23.6 Å². The number of aromatic nitrogens is 1. The Labute approximate surface area is 112 Å². The van der Waals surface area contributed by atoms with Gasteiger partial charge in [0.15, 0.2) is 0 Å². The number of aliphatic hydroxyl groups is 1. The van der Waals surface area contributed by atoms with E-state index < -0.39 is 6.10 Å². The van der Waals surface area contributed by atoms with Crippen LogP contribution < -0.4 is 0 Å². The molecule has 1 unspecified atom stereocenters. The molecular weight excluding hydrogens is 242 g/mol. The van der Waals surface area contributed by atoms with E-state index in [1.54, 1.807) is 6.92 Å². The van der Waals surface area contributed by atoms with Crippen molar-refractivity contribution in [1.82, 2.24) is 4.57 Å². The van der Waals surface area contributed by atoms with Crippen LogP contribution in [0.1, 0.15) is 18.9 Å². The molecule has 0 saturated carbocycles. The third kappa shape index (κ3) is 3.15. The second kappa shape index (κ2) is 5.89. The number of benzene rings is 1. The van der Waals surface area contributed by atoms with E-state index >= 15 is 0 Å². The molecule has 19 heavy (non-hydrogen) atoms. The van der Waals surface area contributed by atoms with Crippen LogP contribution in [0.2, 0.25) is 0 Å². The van der Waals surface area contributed by atoms with Crippen molar-refractivity contribution in [3.63, 3.8) is 0 Å². The molecule has 1 aromatic heterocycles. The van der Waals surface area contributed by atoms with Crippen LogP contribution in [0.4, 0.5) is 0 Å². The maximum Gasteiger partial charge on any atom is 0.308 e. The summed E-state index contributed by atoms with van der Waals surface area (Å²) in [6.07, 6.45) is 1.24. The second-order valence-electron chi connectivity index (χ2n) is 4.64. The van der Waals surface area contributed by atoms with Gasteiger partial charge in [-0.2, -0.15) is 0 Å². The van der Waals surface area contributed by atoms with E-state index in [1.165, 1.54) is 10.9 Å². The Morgan fingerprint density at radius 2 is 2.21 bits per heavy atom. The highest BCUT2D eigenvalue weighted by molar-refractivity contribution is 5.83. The fourth-order valence-corrected chi connectivity index (χ4v) is 2.24. The lowest BCUT2D eigenvalue weighted by atomic mass is 10.1. The molecule has 2 rings (SSSR count). The summed E-state index contributed by atoms with van der Waals surface area (Å²) in [5.41, 5.74) is 2.28. The molecule has 0 amide bonds. The predicted octanol–water partition coefficient (Wildman–Crippen LogP) is 2.26. The van der Waals surface area contributed by atoms with E-state index in [-0.39, 0.29) is 12.4 Å². The zero-order chi connectivity index (χ0) is 13.8. The lowest BCUT2D eigenvalue weighted by Crippen LogP contribution is -2.20. The third-order valence-corrected chi connectivity index (χ3v) is 3.15. The van der Waals surface area contributed by atoms with Crippen LogP contribution in [-0.4, -0.2) is 28.4 Å². The maximum absolute atomic E-state index is 11.3. The van der Waals surface area contributed by atoms with Crippen molar-refractivity contribution >= 4 is 16.9 Å². The highest BCUT2D eigenvalue weighted by Gasteiger charge is 2.13. The number of hydrogen-bond donors (Lipinski definition) is 1. The number of aliphatic hydroxyl groups excluding tert-OH is 1. The number of aryl methyl sites for hydroxylation is 1. The minimum Gasteiger partial charge on any atom is -0.466 e. The summed E-state index contributed by atoms with van der Waals surface area (Å²) in [5.74, 6) is -0.359. The molecule has 1 atom stereocenters. The molecule has 2 aromatic rings. The standard InChI is InChI=1S/C15H19NO3/c1-3-19-15(18)9-12(17)10-16-8-7-13-11(2)5-4-6-14(13)16/h4-8,12,17H,3,9-10H2,1-2H3. The molecule has 0 aliphatic heterocycles. The van der Waals surface area contributed by atoms with E-state index in [4.69, 9.17) is 4.74 Å². The molecule has 0 aliphatic rings. The predicted molar refractivity (Wildman–Crippen MR) is 73.9 cm³/mol. The lowest BCUT2D eigenvalue weighted by Gasteiger charge is -2.12. The third-order valence-electron chi connectivity index (χ3n) is 3.15. The molecule has 4 nitrogen and oxygen atoms in total. The summed E-state index contributed by atoms with van der Waals surface area (Å²) in [7, 11) is 0. The molecule has 0 fully saturated rings. The molecule has 0 radical (unpaired) electrons. The number of esters is 1. The number of ether oxygens (including phenoxy) is 1. The summed E-state index contributed by atoms with van der Waals surface area (Å²) in [6.45, 7) is 4.55. The Morgan fingerprint density at radius 3 is 2.95 bits per heavy atom. The largest absolute Gasteiger partial charge is 0.466 e. The smallest absolute Gasteiger partial charge is 0.308 e. The number of nitrogens with zero attached hydrogens (tertiary/aromatic N) is 1. The van der Waals surface area contributed by atoms with Crippen LogP contribution in [-0.2, 0) is 16.1 Å². The Hall–Kier alpha value is -1.81. The normalized spacial score (nSPS) is 12.6. The molecule has 0 bridgehead atoms. The van der Waals surface area contributed by atoms with Gasteiger partial charge in [-0.25, -0.2) is 0 Å². The maximum atomic E-state index is 11.3. The van der Waals surface area contributed by atoms with Crippen LogP contribution >= 0.6 is 0 Å². The van der Waals surface area contributed by atoms with Crippen LogP contribution in [0, 0.1) is 6.92 Å². The number of carbonyl (C=O) groups is 1. The minimum atomic E-state index is -0.727. The first kappa shape index (κ1) is 13.6. The Bertz CT molecular complexity index is 574. The van der Waals surface area contributed by atoms with Gasteiger partial charge in [0.2, 0.25) is 0 Å². The average Bonchev–Trinajstić information content (AvgIpc) is 2.74. The van der Waals surface area contributed by atoms with Crippen molar-refractivity contribution in [3.8, 4) is 0 Å². The van der Waals surface area contributed by atoms with Crippen LogP contribution in [0.3, 0.4) is 0 Å². The number of fused-ring (bicyclic) bond motifs is 1. The SMILES string of the molecule is CCOC(=O)CC(O)Cn1ccc2c(C)cccc21. The highest BCUT2D eigenvalue weighted by atomic mass is 16.5. The van der Waals surface area contributed by atoms with Crippen LogP contribution in [0.5, 0.6) is 0 Å². The number of carbonyl (C=O) groups excluding carboxylic acids is 1. The van der Waals surface area contributed by atoms with Crippen molar-refractivity contribution in [2.24, 2.45) is 0 Å². The average molecular weight is 261 g/mol. The quantitative estimate of drug-likeness (QED) is 0.840. The first-order valence-corrected chi connectivity index (χ1v) is 6.50. The van der Waals surface area contributed by atoms with Gasteiger partial charge in [-0.15, -0.1) is 0 Å². The van der Waals surface area contributed by atoms with Crippen LogP contribution in [0.25, 0.3) is 10.9 Å². The van der Waals surface area contributed by atoms with E-state index in [1.807, 2.05) is 29.0 Å². The zero-order valence-corrected chi connectivity index (χ0v) is 11.3. The molecular formula is C15H19NO3. The summed E-state index contributed by atoms with van der Waals surface area (Å²) in [4.78, 5) is 11.3. The van der Waals surface area contributed by atoms with Crippen LogP contribution in [0.15, 0.2) is 30.5 Å². The van der Waals surface area contributed by atoms with Gasteiger partial charge in [-0.05, 0) is 31.5 Å². The molecule has 0 aliphatic carbocycles. The summed E-state index contributed by atoms with van der Waals surface area (Å²) >= 11 is 0. The van der Waals surface area contributed by atoms with Gasteiger partial charge < -0.3 is 14.4 Å². The molecule has 102 valence electrons. The van der Waals surface area contributed by atoms with Gasteiger partial charge in [-0.1, -0.05) is 12.1 Å². The van der Waals surface area contributed by atoms with E-state index in [2.05, 4.69) is 13.0 Å². The van der Waals surface area contributed by atoms with Gasteiger partial charge in [0.25, 0.3) is 0 Å². The molecule has 1 heterocycles. The summed E-state index contributed by atoms with van der Waals surface area (Å²) in [5, 5.41) is 11.1. The van der Waals surface area contributed by atoms with Gasteiger partial charge in [0.05, 0.1) is 19.1 Å². The zero-order valence-electron chi connectivity index (χ0n) is 11.3. The summed E-state index contributed by atoms with van der Waals surface area (Å²) in [6, 6.07) is 8.09. The van der Waals surface area contributed by atoms with Crippen molar-refractivity contribution in [1.29, 1.82) is 0 Å². The molecule has 1 aromatic carbocycles. The molecule has 4 heteroatoms. The Kier molecular flexibility index (Phi) is 4.22. The van der Waals surface area contributed by atoms with Crippen molar-refractivity contribution in [3.05, 3.63) is 36.0 Å². The monoisotopic (exact) mass is 261 g/mol. The number of hydrogen-bond acceptors (Lipinski definition) is 3. The van der Waals surface area contributed by atoms with Gasteiger partial charge >= 0.3 is 5.97 Å². The lowest BCUT2D eigenvalue weighted by molar-refractivity contribution is -0.145. The summed E-state index contributed by atoms with van der Waals surface area (Å²) < 4.78 is 6.79. The van der Waals surface area contributed by atoms with Gasteiger partial charge in [-0.3, -0.25) is 4.79 Å². The topological polar surface area (TPSA) is 51.5 Å². The first-order chi connectivity index (χ1) is 9.11. The van der Waals surface area contributed by atoms with E-state index in [0.29, 0.717) is 13.2 Å². The molecule has 0 spiro atoms.